The minimum absolute atomic E-state index is 0.104. The summed E-state index contributed by atoms with van der Waals surface area (Å²) in [4.78, 5) is 3.96. The van der Waals surface area contributed by atoms with Crippen LogP contribution >= 0.6 is 11.3 Å². The number of nitrogens with zero attached hydrogens (tertiary/aromatic N) is 3. The minimum Gasteiger partial charge on any atom is -0.333 e. The van der Waals surface area contributed by atoms with Gasteiger partial charge in [0.25, 0.3) is 0 Å². The lowest BCUT2D eigenvalue weighted by molar-refractivity contribution is 0.550. The fourth-order valence-corrected chi connectivity index (χ4v) is 11.0. The van der Waals surface area contributed by atoms with Gasteiger partial charge in [0.05, 0.1) is 17.1 Å². The molecule has 4 heteroatoms. The van der Waals surface area contributed by atoms with Gasteiger partial charge in [-0.05, 0) is 120 Å². The summed E-state index contributed by atoms with van der Waals surface area (Å²) < 4.78 is 6.35. The van der Waals surface area contributed by atoms with Crippen molar-refractivity contribution >= 4 is 71.7 Å². The quantitative estimate of drug-likeness (QED) is 0.176. The van der Waals surface area contributed by atoms with Gasteiger partial charge in [0.1, 0.15) is 5.65 Å². The highest BCUT2D eigenvalue weighted by atomic mass is 32.1. The van der Waals surface area contributed by atoms with Crippen LogP contribution in [0.25, 0.3) is 71.5 Å². The van der Waals surface area contributed by atoms with Gasteiger partial charge in [-0.2, -0.15) is 0 Å². The number of para-hydroxylation sites is 3. The first-order chi connectivity index (χ1) is 27.2. The Morgan fingerprint density at radius 3 is 2.31 bits per heavy atom. The number of fused-ring (bicyclic) bond motifs is 11. The standard InChI is InChI=1S/C51H37N3S/c1-51-29-12-11-24-48(51)52(45-22-9-7-20-42(45)51)36-16-13-17-37(32-36)54-44-27-25-33(34-26-28-47-40(30-34)38-18-6-10-23-46(38)55-47)31-41(44)49-39-19-5-8-21-43(39)53(50(49)54)35-14-3-2-4-15-35/h2-5,7-17,19-32,48H,6,18H2,1H3. The van der Waals surface area contributed by atoms with Gasteiger partial charge in [-0.15, -0.1) is 11.3 Å². The maximum Gasteiger partial charge on any atom is 0.131 e. The van der Waals surface area contributed by atoms with Crippen molar-refractivity contribution in [1.29, 1.82) is 0 Å². The molecular weight excluding hydrogens is 687 g/mol. The number of rotatable bonds is 4. The summed E-state index contributed by atoms with van der Waals surface area (Å²) in [5, 5.41) is 5.21. The predicted octanol–water partition coefficient (Wildman–Crippen LogP) is 13.5. The van der Waals surface area contributed by atoms with E-state index in [2.05, 4.69) is 197 Å². The molecule has 0 amide bonds. The van der Waals surface area contributed by atoms with Crippen LogP contribution in [0.3, 0.4) is 0 Å². The van der Waals surface area contributed by atoms with Crippen LogP contribution in [0.4, 0.5) is 11.4 Å². The van der Waals surface area contributed by atoms with Crippen LogP contribution in [0.1, 0.15) is 29.3 Å². The summed E-state index contributed by atoms with van der Waals surface area (Å²) in [6.07, 6.45) is 16.0. The number of aromatic nitrogens is 2. The van der Waals surface area contributed by atoms with Gasteiger partial charge in [0.2, 0.25) is 0 Å². The molecule has 12 rings (SSSR count). The zero-order chi connectivity index (χ0) is 36.3. The Kier molecular flexibility index (Phi) is 6.53. The number of allylic oxidation sites excluding steroid dienone is 3. The number of benzene rings is 6. The van der Waals surface area contributed by atoms with Gasteiger partial charge in [-0.25, -0.2) is 0 Å². The largest absolute Gasteiger partial charge is 0.333 e. The lowest BCUT2D eigenvalue weighted by Crippen LogP contribution is -2.39. The highest BCUT2D eigenvalue weighted by Gasteiger charge is 2.46. The molecule has 6 aromatic carbocycles. The molecule has 262 valence electrons. The average Bonchev–Trinajstić information content (AvgIpc) is 3.95. The molecule has 0 saturated heterocycles. The molecule has 3 aliphatic rings. The van der Waals surface area contributed by atoms with E-state index in [4.69, 9.17) is 0 Å². The monoisotopic (exact) mass is 723 g/mol. The summed E-state index contributed by atoms with van der Waals surface area (Å²) in [5.74, 6) is 0. The number of hydrogen-bond donors (Lipinski definition) is 0. The van der Waals surface area contributed by atoms with Crippen LogP contribution in [0.15, 0.2) is 170 Å². The lowest BCUT2D eigenvalue weighted by atomic mass is 9.76. The molecule has 0 spiro atoms. The first-order valence-electron chi connectivity index (χ1n) is 19.4. The van der Waals surface area contributed by atoms with Crippen molar-refractivity contribution in [2.45, 2.75) is 31.2 Å². The Morgan fingerprint density at radius 2 is 1.38 bits per heavy atom. The summed E-state index contributed by atoms with van der Waals surface area (Å²) >= 11 is 1.92. The molecule has 4 heterocycles. The first-order valence-corrected chi connectivity index (χ1v) is 20.2. The highest BCUT2D eigenvalue weighted by Crippen LogP contribution is 2.52. The van der Waals surface area contributed by atoms with Crippen molar-refractivity contribution in [2.24, 2.45) is 0 Å². The van der Waals surface area contributed by atoms with Crippen LogP contribution in [-0.2, 0) is 11.8 Å². The van der Waals surface area contributed by atoms with E-state index in [1.807, 2.05) is 11.3 Å². The number of anilines is 2. The van der Waals surface area contributed by atoms with E-state index < -0.39 is 0 Å². The van der Waals surface area contributed by atoms with Gasteiger partial charge in [-0.1, -0.05) is 103 Å². The van der Waals surface area contributed by atoms with Crippen LogP contribution in [0, 0.1) is 0 Å². The number of thiophene rings is 1. The Morgan fingerprint density at radius 1 is 0.636 bits per heavy atom. The minimum atomic E-state index is -0.104. The Balaban J connectivity index is 1.12. The zero-order valence-electron chi connectivity index (χ0n) is 30.5. The SMILES string of the molecule is CC12C=CC=CC1N(c1cccc(-n3c4ccc(-c5ccc6sc7c(c6c5)CCC=C7)cc4c4c5ccccc5n(-c5ccccc5)c43)c1)c1ccccc12. The van der Waals surface area contributed by atoms with Crippen molar-refractivity contribution in [2.75, 3.05) is 4.90 Å². The second kappa shape index (κ2) is 11.6. The molecule has 9 aromatic rings. The van der Waals surface area contributed by atoms with Gasteiger partial charge >= 0.3 is 0 Å². The molecule has 0 fully saturated rings. The predicted molar refractivity (Wildman–Crippen MR) is 234 cm³/mol. The fourth-order valence-electron chi connectivity index (χ4n) is 9.88. The van der Waals surface area contributed by atoms with E-state index in [1.54, 1.807) is 0 Å². The summed E-state index contributed by atoms with van der Waals surface area (Å²) in [5.41, 5.74) is 13.6. The van der Waals surface area contributed by atoms with E-state index >= 15 is 0 Å². The molecule has 2 atom stereocenters. The van der Waals surface area contributed by atoms with E-state index in [0.29, 0.717) is 0 Å². The van der Waals surface area contributed by atoms with Crippen LogP contribution in [0.2, 0.25) is 0 Å². The third kappa shape index (κ3) is 4.37. The van der Waals surface area contributed by atoms with Crippen LogP contribution in [-0.4, -0.2) is 15.2 Å². The topological polar surface area (TPSA) is 13.1 Å². The first kappa shape index (κ1) is 31.0. The third-order valence-electron chi connectivity index (χ3n) is 12.4. The third-order valence-corrected chi connectivity index (χ3v) is 13.6. The molecule has 55 heavy (non-hydrogen) atoms. The molecular formula is C51H37N3S. The van der Waals surface area contributed by atoms with Crippen molar-refractivity contribution in [3.8, 4) is 22.5 Å². The smallest absolute Gasteiger partial charge is 0.131 e. The maximum atomic E-state index is 2.54. The molecule has 3 nitrogen and oxygen atoms in total. The fraction of sp³-hybridized carbons (Fsp3) is 0.0980. The summed E-state index contributed by atoms with van der Waals surface area (Å²) in [6, 6.07) is 52.3. The van der Waals surface area contributed by atoms with Crippen molar-refractivity contribution in [3.63, 3.8) is 0 Å². The van der Waals surface area contributed by atoms with Crippen LogP contribution < -0.4 is 4.90 Å². The van der Waals surface area contributed by atoms with Crippen LogP contribution in [0.5, 0.6) is 0 Å². The Bertz CT molecular complexity index is 3130. The summed E-state index contributed by atoms with van der Waals surface area (Å²) in [7, 11) is 0. The van der Waals surface area contributed by atoms with Gasteiger partial charge < -0.3 is 4.90 Å². The number of aryl methyl sites for hydroxylation is 1. The van der Waals surface area contributed by atoms with Gasteiger partial charge in [0, 0.05) is 53.9 Å². The second-order valence-corrected chi connectivity index (χ2v) is 16.5. The normalized spacial score (nSPS) is 18.5. The van der Waals surface area contributed by atoms with E-state index in [0.717, 1.165) is 24.2 Å². The van der Waals surface area contributed by atoms with Crippen molar-refractivity contribution < 1.29 is 0 Å². The van der Waals surface area contributed by atoms with E-state index in [9.17, 15) is 0 Å². The molecule has 1 aliphatic heterocycles. The number of hydrogen-bond acceptors (Lipinski definition) is 2. The highest BCUT2D eigenvalue weighted by molar-refractivity contribution is 7.20. The van der Waals surface area contributed by atoms with Crippen molar-refractivity contribution in [3.05, 3.63) is 186 Å². The molecule has 0 radical (unpaired) electrons. The molecule has 2 unspecified atom stereocenters. The Hall–Kier alpha value is -6.36. The average molecular weight is 724 g/mol. The molecule has 3 aromatic heterocycles. The van der Waals surface area contributed by atoms with Gasteiger partial charge in [0.15, 0.2) is 0 Å². The molecule has 0 N–H and O–H groups in total. The Labute approximate surface area is 324 Å². The summed E-state index contributed by atoms with van der Waals surface area (Å²) in [6.45, 7) is 2.38. The second-order valence-electron chi connectivity index (χ2n) is 15.4. The lowest BCUT2D eigenvalue weighted by Gasteiger charge is -2.34. The molecule has 2 aliphatic carbocycles. The van der Waals surface area contributed by atoms with E-state index in [1.165, 1.54) is 81.4 Å². The zero-order valence-corrected chi connectivity index (χ0v) is 31.3. The van der Waals surface area contributed by atoms with Gasteiger partial charge in [-0.3, -0.25) is 9.13 Å². The molecule has 0 bridgehead atoms. The maximum absolute atomic E-state index is 2.54. The molecule has 0 saturated carbocycles. The van der Waals surface area contributed by atoms with Crippen molar-refractivity contribution in [1.82, 2.24) is 9.13 Å². The van der Waals surface area contributed by atoms with E-state index in [-0.39, 0.29) is 11.5 Å².